The van der Waals surface area contributed by atoms with Gasteiger partial charge in [0.25, 0.3) is 0 Å². The summed E-state index contributed by atoms with van der Waals surface area (Å²) in [5.74, 6) is -0.00157. The summed E-state index contributed by atoms with van der Waals surface area (Å²) in [6, 6.07) is 10.3. The molecule has 27 heavy (non-hydrogen) atoms. The molecule has 1 fully saturated rings. The van der Waals surface area contributed by atoms with Gasteiger partial charge in [-0.3, -0.25) is 9.69 Å². The topological polar surface area (TPSA) is 61.4 Å². The molecule has 1 amide bonds. The average Bonchev–Trinajstić information content (AvgIpc) is 3.36. The maximum Gasteiger partial charge on any atom is 0.240 e. The van der Waals surface area contributed by atoms with E-state index in [1.54, 1.807) is 22.7 Å². The summed E-state index contributed by atoms with van der Waals surface area (Å²) < 4.78 is 0. The molecule has 2 aromatic heterocycles. The first kappa shape index (κ1) is 18.1. The molecule has 1 saturated heterocycles. The Balaban J connectivity index is 1.24. The van der Waals surface area contributed by atoms with E-state index < -0.39 is 0 Å². The van der Waals surface area contributed by atoms with E-state index in [1.165, 1.54) is 5.56 Å². The van der Waals surface area contributed by atoms with Crippen molar-refractivity contribution >= 4 is 38.8 Å². The fourth-order valence-electron chi connectivity index (χ4n) is 3.08. The standard InChI is InChI=1S/C19H21N5OS2/c25-17(14-23-7-9-24(10-8-23)19-20-6-11-26-19)22-18-21-13-16(27-18)12-15-4-2-1-3-5-15/h1-6,11,13H,7-10,12,14H2,(H,21,22,25). The van der Waals surface area contributed by atoms with Gasteiger partial charge >= 0.3 is 0 Å². The first-order valence-electron chi connectivity index (χ1n) is 8.91. The van der Waals surface area contributed by atoms with Crippen molar-refractivity contribution in [2.45, 2.75) is 6.42 Å². The molecule has 0 spiro atoms. The van der Waals surface area contributed by atoms with Crippen molar-refractivity contribution in [2.24, 2.45) is 0 Å². The highest BCUT2D eigenvalue weighted by Gasteiger charge is 2.20. The molecule has 1 aliphatic heterocycles. The number of rotatable bonds is 6. The van der Waals surface area contributed by atoms with Gasteiger partial charge < -0.3 is 10.2 Å². The predicted octanol–water partition coefficient (Wildman–Crippen LogP) is 2.95. The summed E-state index contributed by atoms with van der Waals surface area (Å²) in [5.41, 5.74) is 1.25. The van der Waals surface area contributed by atoms with Crippen LogP contribution in [0.5, 0.6) is 0 Å². The van der Waals surface area contributed by atoms with E-state index >= 15 is 0 Å². The van der Waals surface area contributed by atoms with Crippen LogP contribution < -0.4 is 10.2 Å². The van der Waals surface area contributed by atoms with Crippen LogP contribution >= 0.6 is 22.7 Å². The lowest BCUT2D eigenvalue weighted by molar-refractivity contribution is -0.117. The number of amides is 1. The first-order chi connectivity index (χ1) is 13.3. The molecule has 1 N–H and O–H groups in total. The van der Waals surface area contributed by atoms with Crippen LogP contribution in [0.25, 0.3) is 0 Å². The fraction of sp³-hybridized carbons (Fsp3) is 0.316. The molecular weight excluding hydrogens is 378 g/mol. The van der Waals surface area contributed by atoms with E-state index in [-0.39, 0.29) is 5.91 Å². The van der Waals surface area contributed by atoms with Gasteiger partial charge in [-0.05, 0) is 5.56 Å². The van der Waals surface area contributed by atoms with Crippen molar-refractivity contribution in [3.05, 3.63) is 58.5 Å². The lowest BCUT2D eigenvalue weighted by Crippen LogP contribution is -2.48. The molecule has 140 valence electrons. The quantitative estimate of drug-likeness (QED) is 0.691. The lowest BCUT2D eigenvalue weighted by Gasteiger charge is -2.33. The molecule has 0 aliphatic carbocycles. The third-order valence-corrected chi connectivity index (χ3v) is 6.20. The van der Waals surface area contributed by atoms with E-state index in [0.29, 0.717) is 11.7 Å². The number of carbonyl (C=O) groups excluding carboxylic acids is 1. The summed E-state index contributed by atoms with van der Waals surface area (Å²) in [6.45, 7) is 3.94. The van der Waals surface area contributed by atoms with Crippen LogP contribution in [0, 0.1) is 0 Å². The Hall–Kier alpha value is -2.29. The van der Waals surface area contributed by atoms with Crippen molar-refractivity contribution in [3.8, 4) is 0 Å². The number of anilines is 2. The molecular formula is C19H21N5OS2. The Bertz CT molecular complexity index is 857. The van der Waals surface area contributed by atoms with Crippen LogP contribution in [0.2, 0.25) is 0 Å². The second-order valence-corrected chi connectivity index (χ2v) is 8.41. The number of hydrogen-bond acceptors (Lipinski definition) is 7. The summed E-state index contributed by atoms with van der Waals surface area (Å²) in [6.07, 6.45) is 4.52. The fourth-order valence-corrected chi connectivity index (χ4v) is 4.63. The Labute approximate surface area is 166 Å². The highest BCUT2D eigenvalue weighted by Crippen LogP contribution is 2.21. The number of hydrogen-bond donors (Lipinski definition) is 1. The van der Waals surface area contributed by atoms with Crippen LogP contribution in [0.1, 0.15) is 10.4 Å². The third-order valence-electron chi connectivity index (χ3n) is 4.45. The van der Waals surface area contributed by atoms with Crippen LogP contribution in [0.3, 0.4) is 0 Å². The van der Waals surface area contributed by atoms with Crippen LogP contribution in [-0.2, 0) is 11.2 Å². The van der Waals surface area contributed by atoms with Crippen molar-refractivity contribution in [2.75, 3.05) is 42.9 Å². The number of nitrogens with zero attached hydrogens (tertiary/aromatic N) is 4. The van der Waals surface area contributed by atoms with Crippen molar-refractivity contribution in [1.29, 1.82) is 0 Å². The highest BCUT2D eigenvalue weighted by molar-refractivity contribution is 7.15. The molecule has 0 radical (unpaired) electrons. The lowest BCUT2D eigenvalue weighted by atomic mass is 10.1. The van der Waals surface area contributed by atoms with Gasteiger partial charge in [-0.15, -0.1) is 22.7 Å². The van der Waals surface area contributed by atoms with Crippen molar-refractivity contribution < 1.29 is 4.79 Å². The summed E-state index contributed by atoms with van der Waals surface area (Å²) in [7, 11) is 0. The van der Waals surface area contributed by atoms with Crippen molar-refractivity contribution in [3.63, 3.8) is 0 Å². The predicted molar refractivity (Wildman–Crippen MR) is 111 cm³/mol. The van der Waals surface area contributed by atoms with Crippen molar-refractivity contribution in [1.82, 2.24) is 14.9 Å². The maximum atomic E-state index is 12.3. The molecule has 3 heterocycles. The molecule has 0 bridgehead atoms. The van der Waals surface area contributed by atoms with E-state index in [4.69, 9.17) is 0 Å². The molecule has 1 aliphatic rings. The van der Waals surface area contributed by atoms with Gasteiger partial charge in [-0.25, -0.2) is 9.97 Å². The van der Waals surface area contributed by atoms with E-state index in [0.717, 1.165) is 42.6 Å². The first-order valence-corrected chi connectivity index (χ1v) is 10.6. The van der Waals surface area contributed by atoms with Gasteiger partial charge in [0.2, 0.25) is 5.91 Å². The van der Waals surface area contributed by atoms with Crippen LogP contribution in [-0.4, -0.2) is 53.5 Å². The number of benzene rings is 1. The van der Waals surface area contributed by atoms with E-state index in [2.05, 4.69) is 37.2 Å². The molecule has 3 aromatic rings. The van der Waals surface area contributed by atoms with Gasteiger partial charge in [0.1, 0.15) is 0 Å². The number of nitrogens with one attached hydrogen (secondary N) is 1. The maximum absolute atomic E-state index is 12.3. The summed E-state index contributed by atoms with van der Waals surface area (Å²) in [4.78, 5) is 26.6. The van der Waals surface area contributed by atoms with Crippen LogP contribution in [0.4, 0.5) is 10.3 Å². The second kappa shape index (κ2) is 8.60. The Morgan fingerprint density at radius 3 is 2.67 bits per heavy atom. The summed E-state index contributed by atoms with van der Waals surface area (Å²) in [5, 5.41) is 6.67. The zero-order valence-corrected chi connectivity index (χ0v) is 16.5. The molecule has 0 unspecified atom stereocenters. The Morgan fingerprint density at radius 1 is 1.11 bits per heavy atom. The minimum absolute atomic E-state index is 0.00157. The zero-order chi connectivity index (χ0) is 18.5. The van der Waals surface area contributed by atoms with Gasteiger partial charge in [-0.2, -0.15) is 0 Å². The molecule has 8 heteroatoms. The molecule has 0 saturated carbocycles. The van der Waals surface area contributed by atoms with Crippen LogP contribution in [0.15, 0.2) is 48.1 Å². The number of thiazole rings is 2. The van der Waals surface area contributed by atoms with E-state index in [9.17, 15) is 4.79 Å². The largest absolute Gasteiger partial charge is 0.346 e. The van der Waals surface area contributed by atoms with E-state index in [1.807, 2.05) is 36.0 Å². The third kappa shape index (κ3) is 4.91. The smallest absolute Gasteiger partial charge is 0.240 e. The minimum Gasteiger partial charge on any atom is -0.346 e. The second-order valence-electron chi connectivity index (χ2n) is 6.42. The number of aromatic nitrogens is 2. The minimum atomic E-state index is -0.00157. The SMILES string of the molecule is O=C(CN1CCN(c2nccs2)CC1)Nc1ncc(Cc2ccccc2)s1. The molecule has 0 atom stereocenters. The Morgan fingerprint density at radius 2 is 1.93 bits per heavy atom. The molecule has 6 nitrogen and oxygen atoms in total. The molecule has 1 aromatic carbocycles. The van der Waals surface area contributed by atoms with Gasteiger partial charge in [0.15, 0.2) is 10.3 Å². The monoisotopic (exact) mass is 399 g/mol. The number of carbonyl (C=O) groups is 1. The molecule has 4 rings (SSSR count). The normalized spacial score (nSPS) is 15.0. The average molecular weight is 400 g/mol. The van der Waals surface area contributed by atoms with Gasteiger partial charge in [0, 0.05) is 55.3 Å². The van der Waals surface area contributed by atoms with Gasteiger partial charge in [0.05, 0.1) is 6.54 Å². The number of piperazine rings is 1. The Kier molecular flexibility index (Phi) is 5.76. The highest BCUT2D eigenvalue weighted by atomic mass is 32.1. The van der Waals surface area contributed by atoms with Gasteiger partial charge in [-0.1, -0.05) is 30.3 Å². The summed E-state index contributed by atoms with van der Waals surface area (Å²) >= 11 is 3.20. The zero-order valence-electron chi connectivity index (χ0n) is 14.9.